The first-order chi connectivity index (χ1) is 8.22. The van der Waals surface area contributed by atoms with Gasteiger partial charge < -0.3 is 5.32 Å². The molecule has 1 heterocycles. The molecular formula is C14H16FNS. The molecular weight excluding hydrogens is 233 g/mol. The Morgan fingerprint density at radius 1 is 1.35 bits per heavy atom. The predicted molar refractivity (Wildman–Crippen MR) is 71.0 cm³/mol. The topological polar surface area (TPSA) is 12.0 Å². The maximum Gasteiger partial charge on any atom is 0.130 e. The zero-order valence-corrected chi connectivity index (χ0v) is 10.9. The fourth-order valence-corrected chi connectivity index (χ4v) is 2.63. The van der Waals surface area contributed by atoms with E-state index in [2.05, 4.69) is 22.1 Å². The molecule has 0 aliphatic heterocycles. The van der Waals surface area contributed by atoms with Gasteiger partial charge in [0.15, 0.2) is 0 Å². The minimum atomic E-state index is -0.0953. The first-order valence-corrected chi connectivity index (χ1v) is 6.60. The lowest BCUT2D eigenvalue weighted by molar-refractivity contribution is 0.530. The lowest BCUT2D eigenvalue weighted by Gasteiger charge is -2.17. The third-order valence-corrected chi connectivity index (χ3v) is 3.70. The first kappa shape index (κ1) is 12.3. The van der Waals surface area contributed by atoms with Gasteiger partial charge in [-0.2, -0.15) is 11.3 Å². The third kappa shape index (κ3) is 2.73. The molecule has 17 heavy (non-hydrogen) atoms. The van der Waals surface area contributed by atoms with E-state index in [9.17, 15) is 4.39 Å². The van der Waals surface area contributed by atoms with Crippen LogP contribution in [0, 0.1) is 12.7 Å². The van der Waals surface area contributed by atoms with Gasteiger partial charge in [0.25, 0.3) is 0 Å². The van der Waals surface area contributed by atoms with Crippen molar-refractivity contribution in [2.24, 2.45) is 0 Å². The highest BCUT2D eigenvalue weighted by atomic mass is 32.1. The summed E-state index contributed by atoms with van der Waals surface area (Å²) in [6.45, 7) is 1.80. The van der Waals surface area contributed by atoms with E-state index >= 15 is 0 Å². The Bertz CT molecular complexity index is 479. The third-order valence-electron chi connectivity index (χ3n) is 2.97. The van der Waals surface area contributed by atoms with Crippen LogP contribution >= 0.6 is 11.3 Å². The van der Waals surface area contributed by atoms with Crippen LogP contribution in [0.4, 0.5) is 4.39 Å². The predicted octanol–water partition coefficient (Wildman–Crippen LogP) is 3.70. The molecule has 0 fully saturated rings. The summed E-state index contributed by atoms with van der Waals surface area (Å²) in [5, 5.41) is 7.35. The molecule has 0 aliphatic rings. The molecule has 1 aromatic heterocycles. The fraction of sp³-hybridized carbons (Fsp3) is 0.286. The lowest BCUT2D eigenvalue weighted by atomic mass is 9.98. The van der Waals surface area contributed by atoms with E-state index in [1.165, 1.54) is 5.56 Å². The molecule has 1 aromatic carbocycles. The van der Waals surface area contributed by atoms with Crippen LogP contribution in [-0.4, -0.2) is 7.05 Å². The molecule has 2 rings (SSSR count). The first-order valence-electron chi connectivity index (χ1n) is 5.65. The Morgan fingerprint density at radius 3 is 2.82 bits per heavy atom. The fourth-order valence-electron chi connectivity index (χ4n) is 1.95. The monoisotopic (exact) mass is 249 g/mol. The molecule has 0 saturated carbocycles. The minimum Gasteiger partial charge on any atom is -0.313 e. The van der Waals surface area contributed by atoms with Crippen molar-refractivity contribution in [2.45, 2.75) is 19.4 Å². The van der Waals surface area contributed by atoms with Crippen molar-refractivity contribution in [1.82, 2.24) is 5.32 Å². The maximum absolute atomic E-state index is 14.0. The second-order valence-corrected chi connectivity index (χ2v) is 4.94. The molecule has 0 aliphatic carbocycles. The number of hydrogen-bond donors (Lipinski definition) is 1. The molecule has 0 spiro atoms. The molecule has 1 nitrogen and oxygen atoms in total. The van der Waals surface area contributed by atoms with Crippen LogP contribution in [-0.2, 0) is 6.42 Å². The van der Waals surface area contributed by atoms with Crippen molar-refractivity contribution < 1.29 is 4.39 Å². The number of thiophene rings is 1. The molecule has 0 radical (unpaired) electrons. The average molecular weight is 249 g/mol. The van der Waals surface area contributed by atoms with Crippen LogP contribution in [0.1, 0.15) is 22.7 Å². The van der Waals surface area contributed by atoms with Crippen LogP contribution in [0.15, 0.2) is 35.0 Å². The number of rotatable bonds is 4. The van der Waals surface area contributed by atoms with E-state index in [0.29, 0.717) is 5.56 Å². The molecule has 3 heteroatoms. The van der Waals surface area contributed by atoms with E-state index in [0.717, 1.165) is 12.0 Å². The van der Waals surface area contributed by atoms with Gasteiger partial charge in [0, 0.05) is 11.6 Å². The summed E-state index contributed by atoms with van der Waals surface area (Å²) >= 11 is 1.67. The van der Waals surface area contributed by atoms with E-state index in [1.807, 2.05) is 19.2 Å². The van der Waals surface area contributed by atoms with E-state index in [-0.39, 0.29) is 11.9 Å². The maximum atomic E-state index is 14.0. The van der Waals surface area contributed by atoms with Gasteiger partial charge in [-0.25, -0.2) is 4.39 Å². The van der Waals surface area contributed by atoms with E-state index < -0.39 is 0 Å². The second kappa shape index (κ2) is 5.43. The number of halogens is 1. The molecule has 90 valence electrons. The van der Waals surface area contributed by atoms with Crippen molar-refractivity contribution in [3.63, 3.8) is 0 Å². The quantitative estimate of drug-likeness (QED) is 0.871. The zero-order chi connectivity index (χ0) is 12.3. The molecule has 0 saturated heterocycles. The number of hydrogen-bond acceptors (Lipinski definition) is 2. The summed E-state index contributed by atoms with van der Waals surface area (Å²) in [7, 11) is 1.87. The molecule has 1 N–H and O–H groups in total. The highest BCUT2D eigenvalue weighted by molar-refractivity contribution is 7.07. The summed E-state index contributed by atoms with van der Waals surface area (Å²) in [5.41, 5.74) is 2.70. The highest BCUT2D eigenvalue weighted by Crippen LogP contribution is 2.23. The Morgan fingerprint density at radius 2 is 2.18 bits per heavy atom. The Kier molecular flexibility index (Phi) is 3.92. The van der Waals surface area contributed by atoms with Crippen molar-refractivity contribution in [2.75, 3.05) is 7.05 Å². The van der Waals surface area contributed by atoms with Gasteiger partial charge in [-0.3, -0.25) is 0 Å². The molecule has 1 unspecified atom stereocenters. The molecule has 1 atom stereocenters. The largest absolute Gasteiger partial charge is 0.313 e. The number of aryl methyl sites for hydroxylation is 1. The number of benzene rings is 1. The van der Waals surface area contributed by atoms with Gasteiger partial charge in [-0.15, -0.1) is 0 Å². The summed E-state index contributed by atoms with van der Waals surface area (Å²) in [6, 6.07) is 7.69. The van der Waals surface area contributed by atoms with Gasteiger partial charge in [-0.1, -0.05) is 18.2 Å². The van der Waals surface area contributed by atoms with Gasteiger partial charge in [0.1, 0.15) is 5.82 Å². The van der Waals surface area contributed by atoms with Gasteiger partial charge in [0.2, 0.25) is 0 Å². The van der Waals surface area contributed by atoms with Gasteiger partial charge in [-0.05, 0) is 48.3 Å². The SMILES string of the molecule is CNC(Cc1ccsc1)c1cccc(C)c1F. The normalized spacial score (nSPS) is 12.6. The summed E-state index contributed by atoms with van der Waals surface area (Å²) < 4.78 is 14.0. The van der Waals surface area contributed by atoms with Crippen LogP contribution < -0.4 is 5.32 Å². The van der Waals surface area contributed by atoms with Crippen molar-refractivity contribution in [1.29, 1.82) is 0 Å². The summed E-state index contributed by atoms with van der Waals surface area (Å²) in [4.78, 5) is 0. The van der Waals surface area contributed by atoms with Crippen LogP contribution in [0.2, 0.25) is 0 Å². The number of likely N-dealkylation sites (N-methyl/N-ethyl adjacent to an activating group) is 1. The molecule has 0 amide bonds. The second-order valence-electron chi connectivity index (χ2n) is 4.16. The van der Waals surface area contributed by atoms with E-state index in [4.69, 9.17) is 0 Å². The van der Waals surface area contributed by atoms with Gasteiger partial charge in [0.05, 0.1) is 0 Å². The standard InChI is InChI=1S/C14H16FNS/c1-10-4-3-5-12(14(10)15)13(16-2)8-11-6-7-17-9-11/h3-7,9,13,16H,8H2,1-2H3. The van der Waals surface area contributed by atoms with Crippen LogP contribution in [0.25, 0.3) is 0 Å². The van der Waals surface area contributed by atoms with Crippen molar-refractivity contribution >= 4 is 11.3 Å². The molecule has 2 aromatic rings. The van der Waals surface area contributed by atoms with Crippen molar-refractivity contribution in [3.8, 4) is 0 Å². The molecule has 0 bridgehead atoms. The Hall–Kier alpha value is -1.19. The summed E-state index contributed by atoms with van der Waals surface area (Å²) in [5.74, 6) is -0.0953. The lowest BCUT2D eigenvalue weighted by Crippen LogP contribution is -2.20. The van der Waals surface area contributed by atoms with Gasteiger partial charge >= 0.3 is 0 Å². The van der Waals surface area contributed by atoms with Crippen LogP contribution in [0.3, 0.4) is 0 Å². The van der Waals surface area contributed by atoms with Crippen molar-refractivity contribution in [3.05, 3.63) is 57.5 Å². The van der Waals surface area contributed by atoms with E-state index in [1.54, 1.807) is 24.3 Å². The minimum absolute atomic E-state index is 0.0319. The average Bonchev–Trinajstić information content (AvgIpc) is 2.83. The number of nitrogens with one attached hydrogen (secondary N) is 1. The zero-order valence-electron chi connectivity index (χ0n) is 10.0. The van der Waals surface area contributed by atoms with Crippen LogP contribution in [0.5, 0.6) is 0 Å². The highest BCUT2D eigenvalue weighted by Gasteiger charge is 2.15. The smallest absolute Gasteiger partial charge is 0.130 e. The Balaban J connectivity index is 2.26. The Labute approximate surface area is 105 Å². The summed E-state index contributed by atoms with van der Waals surface area (Å²) in [6.07, 6.45) is 0.820.